The quantitative estimate of drug-likeness (QED) is 0.0262. The fourth-order valence-electron chi connectivity index (χ4n) is 8.70. The van der Waals surface area contributed by atoms with Gasteiger partial charge in [-0.1, -0.05) is 243 Å². The minimum Gasteiger partial charge on any atom is -0.462 e. The molecule has 6 nitrogen and oxygen atoms in total. The van der Waals surface area contributed by atoms with Gasteiger partial charge in [-0.3, -0.25) is 14.4 Å². The van der Waals surface area contributed by atoms with Crippen LogP contribution in [-0.2, 0) is 28.6 Å². The van der Waals surface area contributed by atoms with Crippen molar-refractivity contribution in [2.75, 3.05) is 13.2 Å². The largest absolute Gasteiger partial charge is 0.462 e. The lowest BCUT2D eigenvalue weighted by Gasteiger charge is -2.18. The van der Waals surface area contributed by atoms with Crippen molar-refractivity contribution >= 4 is 17.9 Å². The van der Waals surface area contributed by atoms with Crippen LogP contribution in [0.15, 0.2) is 48.6 Å². The SMILES string of the molecule is CCCCCC/C=C\C/C=C\CCCCCCCCCC(=O)OCC(COC(=O)CCCCCCC/C=C\CCCCCCCCC)OC(=O)CCCCCCCCC/C=C\CCCCCCCC. The molecular weight excluding hydrogens is 853 g/mol. The lowest BCUT2D eigenvalue weighted by molar-refractivity contribution is -0.167. The molecule has 0 amide bonds. The molecule has 0 fully saturated rings. The maximum atomic E-state index is 12.9. The van der Waals surface area contributed by atoms with Crippen molar-refractivity contribution in [3.63, 3.8) is 0 Å². The maximum Gasteiger partial charge on any atom is 0.306 e. The van der Waals surface area contributed by atoms with Crippen LogP contribution < -0.4 is 0 Å². The Hall–Kier alpha value is -2.63. The molecule has 0 aliphatic rings. The maximum absolute atomic E-state index is 12.9. The van der Waals surface area contributed by atoms with E-state index in [1.54, 1.807) is 0 Å². The summed E-state index contributed by atoms with van der Waals surface area (Å²) in [7, 11) is 0. The van der Waals surface area contributed by atoms with Crippen molar-refractivity contribution in [2.45, 2.75) is 322 Å². The summed E-state index contributed by atoms with van der Waals surface area (Å²) in [5, 5.41) is 0. The number of rotatable bonds is 55. The van der Waals surface area contributed by atoms with Crippen molar-refractivity contribution in [2.24, 2.45) is 0 Å². The third-order valence-corrected chi connectivity index (χ3v) is 13.3. The zero-order valence-corrected chi connectivity index (χ0v) is 46.1. The van der Waals surface area contributed by atoms with Crippen LogP contribution in [0.4, 0.5) is 0 Å². The molecule has 0 bridgehead atoms. The summed E-state index contributed by atoms with van der Waals surface area (Å²) in [6.45, 7) is 6.64. The molecule has 0 aliphatic heterocycles. The molecule has 0 spiro atoms. The highest BCUT2D eigenvalue weighted by molar-refractivity contribution is 5.71. The molecule has 1 unspecified atom stereocenters. The molecule has 1 atom stereocenters. The summed E-state index contributed by atoms with van der Waals surface area (Å²) in [6.07, 6.45) is 71.0. The fraction of sp³-hybridized carbons (Fsp3) is 0.825. The summed E-state index contributed by atoms with van der Waals surface area (Å²) < 4.78 is 16.9. The standard InChI is InChI=1S/C63H114O6/c1-4-7-10-13-16-19-22-25-28-31-33-35-38-41-44-47-50-53-56-62(65)68-59-60(58-67-61(64)55-52-49-46-43-40-37-34-30-27-24-21-18-15-12-9-6-3)69-63(66)57-54-51-48-45-42-39-36-32-29-26-23-20-17-14-11-8-5-2/h19,22,26,28-31,34,60H,4-18,20-21,23-25,27,32-33,35-59H2,1-3H3/b22-19-,29-26-,31-28-,34-30-. The Morgan fingerprint density at radius 1 is 0.290 bits per heavy atom. The predicted molar refractivity (Wildman–Crippen MR) is 298 cm³/mol. The van der Waals surface area contributed by atoms with Gasteiger partial charge in [0.05, 0.1) is 0 Å². The zero-order chi connectivity index (χ0) is 50.0. The normalized spacial score (nSPS) is 12.3. The van der Waals surface area contributed by atoms with E-state index in [4.69, 9.17) is 14.2 Å². The molecule has 0 aromatic rings. The highest BCUT2D eigenvalue weighted by Crippen LogP contribution is 2.16. The number of ether oxygens (including phenoxy) is 3. The second-order valence-electron chi connectivity index (χ2n) is 20.2. The minimum absolute atomic E-state index is 0.0800. The molecule has 0 rings (SSSR count). The number of carbonyl (C=O) groups is 3. The first-order valence-corrected chi connectivity index (χ1v) is 30.1. The minimum atomic E-state index is -0.782. The molecule has 0 saturated carbocycles. The Balaban J connectivity index is 4.39. The summed E-state index contributed by atoms with van der Waals surface area (Å²) in [5.74, 6) is -0.884. The summed E-state index contributed by atoms with van der Waals surface area (Å²) in [6, 6.07) is 0. The third-order valence-electron chi connectivity index (χ3n) is 13.3. The molecule has 402 valence electrons. The second kappa shape index (κ2) is 57.9. The van der Waals surface area contributed by atoms with Gasteiger partial charge in [0.15, 0.2) is 6.10 Å². The van der Waals surface area contributed by atoms with E-state index in [2.05, 4.69) is 69.4 Å². The zero-order valence-electron chi connectivity index (χ0n) is 46.1. The van der Waals surface area contributed by atoms with Gasteiger partial charge in [0.1, 0.15) is 13.2 Å². The number of unbranched alkanes of at least 4 members (excludes halogenated alkanes) is 36. The van der Waals surface area contributed by atoms with Gasteiger partial charge in [-0.2, -0.15) is 0 Å². The summed E-state index contributed by atoms with van der Waals surface area (Å²) in [4.78, 5) is 38.2. The molecule has 0 aromatic carbocycles. The van der Waals surface area contributed by atoms with Crippen molar-refractivity contribution in [3.05, 3.63) is 48.6 Å². The van der Waals surface area contributed by atoms with Crippen LogP contribution in [-0.4, -0.2) is 37.2 Å². The smallest absolute Gasteiger partial charge is 0.306 e. The van der Waals surface area contributed by atoms with Crippen LogP contribution in [0.3, 0.4) is 0 Å². The van der Waals surface area contributed by atoms with Gasteiger partial charge >= 0.3 is 17.9 Å². The third kappa shape index (κ3) is 56.2. The molecular formula is C63H114O6. The predicted octanol–water partition coefficient (Wildman–Crippen LogP) is 20.2. The van der Waals surface area contributed by atoms with Gasteiger partial charge in [0.2, 0.25) is 0 Å². The topological polar surface area (TPSA) is 78.9 Å². The number of hydrogen-bond acceptors (Lipinski definition) is 6. The highest BCUT2D eigenvalue weighted by atomic mass is 16.6. The highest BCUT2D eigenvalue weighted by Gasteiger charge is 2.19. The molecule has 0 N–H and O–H groups in total. The van der Waals surface area contributed by atoms with E-state index in [0.29, 0.717) is 19.3 Å². The molecule has 0 saturated heterocycles. The Labute approximate surface area is 428 Å². The van der Waals surface area contributed by atoms with Crippen LogP contribution in [0.25, 0.3) is 0 Å². The summed E-state index contributed by atoms with van der Waals surface area (Å²) >= 11 is 0. The summed E-state index contributed by atoms with van der Waals surface area (Å²) in [5.41, 5.74) is 0. The van der Waals surface area contributed by atoms with Gasteiger partial charge in [0.25, 0.3) is 0 Å². The van der Waals surface area contributed by atoms with Crippen molar-refractivity contribution in [1.82, 2.24) is 0 Å². The number of hydrogen-bond donors (Lipinski definition) is 0. The van der Waals surface area contributed by atoms with Crippen molar-refractivity contribution in [3.8, 4) is 0 Å². The average molecular weight is 968 g/mol. The van der Waals surface area contributed by atoms with E-state index in [1.807, 2.05) is 0 Å². The van der Waals surface area contributed by atoms with Crippen LogP contribution >= 0.6 is 0 Å². The van der Waals surface area contributed by atoms with Gasteiger partial charge in [-0.25, -0.2) is 0 Å². The van der Waals surface area contributed by atoms with Crippen molar-refractivity contribution < 1.29 is 28.6 Å². The van der Waals surface area contributed by atoms with E-state index < -0.39 is 6.10 Å². The van der Waals surface area contributed by atoms with E-state index >= 15 is 0 Å². The number of carbonyl (C=O) groups excluding carboxylic acids is 3. The lowest BCUT2D eigenvalue weighted by atomic mass is 10.1. The Morgan fingerprint density at radius 2 is 0.522 bits per heavy atom. The Kier molecular flexibility index (Phi) is 55.7. The Bertz CT molecular complexity index is 1200. The number of allylic oxidation sites excluding steroid dienone is 8. The van der Waals surface area contributed by atoms with Crippen LogP contribution in [0.1, 0.15) is 316 Å². The van der Waals surface area contributed by atoms with Gasteiger partial charge in [-0.15, -0.1) is 0 Å². The average Bonchev–Trinajstić information content (AvgIpc) is 3.35. The van der Waals surface area contributed by atoms with E-state index in [1.165, 1.54) is 199 Å². The first kappa shape index (κ1) is 66.4. The van der Waals surface area contributed by atoms with Gasteiger partial charge in [0, 0.05) is 19.3 Å². The van der Waals surface area contributed by atoms with E-state index in [9.17, 15) is 14.4 Å². The Morgan fingerprint density at radius 3 is 0.826 bits per heavy atom. The van der Waals surface area contributed by atoms with E-state index in [0.717, 1.165) is 77.0 Å². The first-order chi connectivity index (χ1) is 34.0. The van der Waals surface area contributed by atoms with Crippen LogP contribution in [0, 0.1) is 0 Å². The molecule has 0 aliphatic carbocycles. The molecule has 69 heavy (non-hydrogen) atoms. The molecule has 0 aromatic heterocycles. The molecule has 6 heteroatoms. The van der Waals surface area contributed by atoms with E-state index in [-0.39, 0.29) is 31.1 Å². The fourth-order valence-corrected chi connectivity index (χ4v) is 8.70. The second-order valence-corrected chi connectivity index (χ2v) is 20.2. The van der Waals surface area contributed by atoms with Crippen LogP contribution in [0.5, 0.6) is 0 Å². The van der Waals surface area contributed by atoms with Crippen LogP contribution in [0.2, 0.25) is 0 Å². The van der Waals surface area contributed by atoms with Gasteiger partial charge < -0.3 is 14.2 Å². The molecule has 0 heterocycles. The number of esters is 3. The molecule has 0 radical (unpaired) electrons. The lowest BCUT2D eigenvalue weighted by Crippen LogP contribution is -2.30. The first-order valence-electron chi connectivity index (χ1n) is 30.1. The monoisotopic (exact) mass is 967 g/mol. The van der Waals surface area contributed by atoms with Gasteiger partial charge in [-0.05, 0) is 103 Å². The van der Waals surface area contributed by atoms with Crippen molar-refractivity contribution in [1.29, 1.82) is 0 Å².